The molecular formula is C28H27FN6O3S. The Morgan fingerprint density at radius 1 is 1.08 bits per heavy atom. The number of fused-ring (bicyclic) bond motifs is 9. The zero-order chi connectivity index (χ0) is 27.8. The minimum atomic E-state index is -0.992. The van der Waals surface area contributed by atoms with E-state index < -0.39 is 23.3 Å². The zero-order valence-electron chi connectivity index (χ0n) is 21.6. The number of halogens is 1. The Balaban J connectivity index is 1.61. The Morgan fingerprint density at radius 2 is 1.82 bits per heavy atom. The van der Waals surface area contributed by atoms with Gasteiger partial charge >= 0.3 is 6.03 Å². The summed E-state index contributed by atoms with van der Waals surface area (Å²) in [4.78, 5) is 47.6. The third-order valence-electron chi connectivity index (χ3n) is 6.87. The molecule has 0 fully saturated rings. The lowest BCUT2D eigenvalue weighted by Gasteiger charge is -2.24. The van der Waals surface area contributed by atoms with E-state index >= 15 is 4.39 Å². The quantitative estimate of drug-likeness (QED) is 0.239. The van der Waals surface area contributed by atoms with Crippen molar-refractivity contribution in [1.82, 2.24) is 20.2 Å². The zero-order valence-corrected chi connectivity index (χ0v) is 22.4. The van der Waals surface area contributed by atoms with Crippen LogP contribution in [0.25, 0.3) is 10.9 Å². The van der Waals surface area contributed by atoms with Crippen molar-refractivity contribution in [2.24, 2.45) is 0 Å². The molecule has 39 heavy (non-hydrogen) atoms. The Labute approximate surface area is 229 Å². The lowest BCUT2D eigenvalue weighted by molar-refractivity contribution is -0.122. The van der Waals surface area contributed by atoms with Crippen molar-refractivity contribution >= 4 is 46.8 Å². The van der Waals surface area contributed by atoms with Crippen LogP contribution in [0.1, 0.15) is 33.9 Å². The minimum absolute atomic E-state index is 0.00939. The molecular weight excluding hydrogens is 519 g/mol. The van der Waals surface area contributed by atoms with Crippen molar-refractivity contribution in [2.45, 2.75) is 37.9 Å². The lowest BCUT2D eigenvalue weighted by atomic mass is 9.94. The number of hydrogen-bond donors (Lipinski definition) is 5. The van der Waals surface area contributed by atoms with Crippen LogP contribution >= 0.6 is 12.6 Å². The number of carbonyl (C=O) groups excluding carboxylic acids is 2. The van der Waals surface area contributed by atoms with Crippen LogP contribution < -0.4 is 21.5 Å². The summed E-state index contributed by atoms with van der Waals surface area (Å²) in [5.41, 5.74) is 4.32. The molecule has 4 bridgehead atoms. The number of carbonyl (C=O) groups is 2. The van der Waals surface area contributed by atoms with Crippen molar-refractivity contribution in [3.05, 3.63) is 92.8 Å². The largest absolute Gasteiger partial charge is 0.368 e. The topological polar surface area (TPSA) is 119 Å². The fourth-order valence-corrected chi connectivity index (χ4v) is 4.93. The van der Waals surface area contributed by atoms with Gasteiger partial charge in [0, 0.05) is 36.8 Å². The van der Waals surface area contributed by atoms with Gasteiger partial charge in [-0.2, -0.15) is 0 Å². The minimum Gasteiger partial charge on any atom is -0.368 e. The maximum absolute atomic E-state index is 15.1. The molecule has 0 saturated heterocycles. The van der Waals surface area contributed by atoms with Gasteiger partial charge in [-0.05, 0) is 65.9 Å². The van der Waals surface area contributed by atoms with Gasteiger partial charge in [0.15, 0.2) is 0 Å². The van der Waals surface area contributed by atoms with Gasteiger partial charge in [0.1, 0.15) is 11.9 Å². The average molecular weight is 547 g/mol. The van der Waals surface area contributed by atoms with Gasteiger partial charge < -0.3 is 25.8 Å². The van der Waals surface area contributed by atoms with Gasteiger partial charge in [0.05, 0.1) is 22.9 Å². The summed E-state index contributed by atoms with van der Waals surface area (Å²) in [7, 11) is 1.71. The van der Waals surface area contributed by atoms with Crippen molar-refractivity contribution in [1.29, 1.82) is 0 Å². The molecule has 2 aliphatic heterocycles. The van der Waals surface area contributed by atoms with Crippen molar-refractivity contribution < 1.29 is 14.0 Å². The van der Waals surface area contributed by atoms with E-state index in [1.807, 2.05) is 26.0 Å². The van der Waals surface area contributed by atoms with Gasteiger partial charge in [-0.1, -0.05) is 12.1 Å². The van der Waals surface area contributed by atoms with Crippen molar-refractivity contribution in [2.75, 3.05) is 17.7 Å². The molecule has 0 spiro atoms. The van der Waals surface area contributed by atoms with Crippen LogP contribution in [0.3, 0.4) is 0 Å². The van der Waals surface area contributed by atoms with Crippen LogP contribution in [-0.2, 0) is 17.9 Å². The van der Waals surface area contributed by atoms with Gasteiger partial charge in [-0.15, -0.1) is 12.6 Å². The molecule has 1 atom stereocenters. The summed E-state index contributed by atoms with van der Waals surface area (Å²) in [5.74, 6) is -1.05. The van der Waals surface area contributed by atoms with Crippen LogP contribution in [0.4, 0.5) is 20.6 Å². The number of aryl methyl sites for hydroxylation is 2. The molecule has 200 valence electrons. The number of nitrogens with zero attached hydrogens (tertiary/aromatic N) is 2. The summed E-state index contributed by atoms with van der Waals surface area (Å²) < 4.78 is 15.1. The van der Waals surface area contributed by atoms with Gasteiger partial charge in [-0.3, -0.25) is 9.59 Å². The highest BCUT2D eigenvalue weighted by atomic mass is 32.1. The maximum atomic E-state index is 15.1. The van der Waals surface area contributed by atoms with E-state index in [4.69, 9.17) is 0 Å². The molecule has 3 heterocycles. The van der Waals surface area contributed by atoms with E-state index in [9.17, 15) is 14.4 Å². The molecule has 0 saturated carbocycles. The predicted molar refractivity (Wildman–Crippen MR) is 151 cm³/mol. The van der Waals surface area contributed by atoms with Crippen molar-refractivity contribution in [3.63, 3.8) is 0 Å². The third kappa shape index (κ3) is 5.30. The highest BCUT2D eigenvalue weighted by Gasteiger charge is 2.25. The Kier molecular flexibility index (Phi) is 7.00. The van der Waals surface area contributed by atoms with Crippen LogP contribution in [0.15, 0.2) is 58.5 Å². The molecule has 2 aliphatic rings. The number of amides is 3. The SMILES string of the molecule is Cc1cc2cc(C)c1CN(C)C(=O)Nc1ccc(S)c(c1)CNC(=O)C2Nc1cc2c(=O)[nH]cnc2cc1F. The van der Waals surface area contributed by atoms with Gasteiger partial charge in [0.2, 0.25) is 5.91 Å². The monoisotopic (exact) mass is 546 g/mol. The second-order valence-corrected chi connectivity index (χ2v) is 10.1. The van der Waals surface area contributed by atoms with E-state index in [1.54, 1.807) is 30.1 Å². The van der Waals surface area contributed by atoms with E-state index in [2.05, 4.69) is 38.5 Å². The van der Waals surface area contributed by atoms with Crippen LogP contribution in [0, 0.1) is 19.7 Å². The number of hydrogen-bond acceptors (Lipinski definition) is 6. The number of thiol groups is 1. The smallest absolute Gasteiger partial charge is 0.321 e. The first-order valence-corrected chi connectivity index (χ1v) is 12.7. The van der Waals surface area contributed by atoms with Crippen molar-refractivity contribution in [3.8, 4) is 0 Å². The summed E-state index contributed by atoms with van der Waals surface area (Å²) in [6.07, 6.45) is 1.21. The highest BCUT2D eigenvalue weighted by molar-refractivity contribution is 7.80. The average Bonchev–Trinajstić information content (AvgIpc) is 2.89. The number of H-pyrrole nitrogens is 1. The van der Waals surface area contributed by atoms with E-state index in [0.29, 0.717) is 28.3 Å². The first-order valence-electron chi connectivity index (χ1n) is 12.3. The fraction of sp³-hybridized carbons (Fsp3) is 0.214. The molecule has 0 aliphatic carbocycles. The molecule has 3 amide bonds. The number of aromatic nitrogens is 2. The molecule has 1 unspecified atom stereocenters. The second-order valence-electron chi connectivity index (χ2n) is 9.64. The molecule has 0 radical (unpaired) electrons. The third-order valence-corrected chi connectivity index (χ3v) is 7.31. The molecule has 4 aromatic rings. The van der Waals surface area contributed by atoms with Gasteiger partial charge in [-0.25, -0.2) is 14.2 Å². The number of anilines is 2. The number of nitrogens with one attached hydrogen (secondary N) is 4. The number of urea groups is 1. The fourth-order valence-electron chi connectivity index (χ4n) is 4.72. The maximum Gasteiger partial charge on any atom is 0.321 e. The normalized spacial score (nSPS) is 15.9. The first kappa shape index (κ1) is 26.2. The van der Waals surface area contributed by atoms with E-state index in [1.165, 1.54) is 12.4 Å². The molecule has 9 nitrogen and oxygen atoms in total. The Morgan fingerprint density at radius 3 is 2.56 bits per heavy atom. The Bertz CT molecular complexity index is 1670. The predicted octanol–water partition coefficient (Wildman–Crippen LogP) is 4.41. The van der Waals surface area contributed by atoms with E-state index in [0.717, 1.165) is 22.8 Å². The molecule has 4 N–H and O–H groups in total. The summed E-state index contributed by atoms with van der Waals surface area (Å²) in [5, 5.41) is 9.01. The summed E-state index contributed by atoms with van der Waals surface area (Å²) in [6.45, 7) is 4.28. The Hall–Kier alpha value is -4.38. The standard InChI is InChI=1S/C28H27FN6O3S/c1-14-6-16-7-15(2)20(14)12-35(3)28(38)33-18-4-5-24(39)17(8-18)11-30-27(37)25(16)34-23-9-19-22(10-21(23)29)31-13-32-26(19)36/h4-10,13,25,34,39H,11-12H2,1-3H3,(H,30,37)(H,33,38)(H,31,32,36). The van der Waals surface area contributed by atoms with Crippen LogP contribution in [0.5, 0.6) is 0 Å². The number of benzene rings is 3. The number of rotatable bonds is 2. The number of aromatic amines is 1. The summed E-state index contributed by atoms with van der Waals surface area (Å²) >= 11 is 4.50. The van der Waals surface area contributed by atoms with Gasteiger partial charge in [0.25, 0.3) is 5.56 Å². The van der Waals surface area contributed by atoms with Crippen LogP contribution in [0.2, 0.25) is 0 Å². The first-order chi connectivity index (χ1) is 18.6. The molecule has 11 heteroatoms. The molecule has 6 rings (SSSR count). The highest BCUT2D eigenvalue weighted by Crippen LogP contribution is 2.29. The van der Waals surface area contributed by atoms with E-state index in [-0.39, 0.29) is 29.2 Å². The molecule has 3 aromatic carbocycles. The second kappa shape index (κ2) is 10.4. The molecule has 1 aromatic heterocycles. The lowest BCUT2D eigenvalue weighted by Crippen LogP contribution is -2.33. The van der Waals surface area contributed by atoms with Crippen LogP contribution in [-0.4, -0.2) is 33.9 Å². The summed E-state index contributed by atoms with van der Waals surface area (Å²) in [6, 6.07) is 10.2.